The SMILES string of the molecule is CN1CCN2CCN(C(=O)CC3=CCNCC3)C[C@H]2C1. The fraction of sp³-hybridized carbons (Fsp3) is 0.800. The second-order valence-corrected chi connectivity index (χ2v) is 6.29. The summed E-state index contributed by atoms with van der Waals surface area (Å²) in [5, 5.41) is 3.30. The van der Waals surface area contributed by atoms with Crippen LogP contribution in [0.3, 0.4) is 0 Å². The molecule has 3 heterocycles. The van der Waals surface area contributed by atoms with Gasteiger partial charge in [0.15, 0.2) is 0 Å². The van der Waals surface area contributed by atoms with Crippen molar-refractivity contribution in [3.63, 3.8) is 0 Å². The normalized spacial score (nSPS) is 28.9. The fourth-order valence-electron chi connectivity index (χ4n) is 3.47. The van der Waals surface area contributed by atoms with Gasteiger partial charge in [0.05, 0.1) is 0 Å². The molecule has 0 unspecified atom stereocenters. The van der Waals surface area contributed by atoms with Gasteiger partial charge < -0.3 is 15.1 Å². The summed E-state index contributed by atoms with van der Waals surface area (Å²) in [6, 6.07) is 0.536. The summed E-state index contributed by atoms with van der Waals surface area (Å²) in [6.07, 6.45) is 3.84. The molecule has 0 aromatic rings. The van der Waals surface area contributed by atoms with E-state index in [4.69, 9.17) is 0 Å². The summed E-state index contributed by atoms with van der Waals surface area (Å²) in [5.74, 6) is 0.325. The minimum Gasteiger partial charge on any atom is -0.340 e. The van der Waals surface area contributed by atoms with Crippen LogP contribution in [0.2, 0.25) is 0 Å². The Morgan fingerprint density at radius 1 is 1.30 bits per heavy atom. The first-order chi connectivity index (χ1) is 9.72. The van der Waals surface area contributed by atoms with E-state index in [-0.39, 0.29) is 0 Å². The van der Waals surface area contributed by atoms with Gasteiger partial charge in [-0.25, -0.2) is 0 Å². The molecule has 1 N–H and O–H groups in total. The first kappa shape index (κ1) is 14.0. The second kappa shape index (κ2) is 6.24. The first-order valence-electron chi connectivity index (χ1n) is 7.81. The van der Waals surface area contributed by atoms with Crippen molar-refractivity contribution in [3.8, 4) is 0 Å². The molecule has 0 radical (unpaired) electrons. The zero-order valence-electron chi connectivity index (χ0n) is 12.5. The lowest BCUT2D eigenvalue weighted by molar-refractivity contribution is -0.134. The number of carbonyl (C=O) groups is 1. The Bertz CT molecular complexity index is 395. The smallest absolute Gasteiger partial charge is 0.226 e. The molecule has 1 atom stereocenters. The van der Waals surface area contributed by atoms with E-state index in [1.54, 1.807) is 0 Å². The van der Waals surface area contributed by atoms with E-state index in [9.17, 15) is 4.79 Å². The second-order valence-electron chi connectivity index (χ2n) is 6.29. The Balaban J connectivity index is 1.55. The number of likely N-dealkylation sites (N-methyl/N-ethyl adjacent to an activating group) is 1. The molecule has 2 fully saturated rings. The van der Waals surface area contributed by atoms with E-state index in [2.05, 4.69) is 33.1 Å². The average Bonchev–Trinajstić information content (AvgIpc) is 2.47. The van der Waals surface area contributed by atoms with Gasteiger partial charge in [-0.1, -0.05) is 11.6 Å². The lowest BCUT2D eigenvalue weighted by atomic mass is 10.0. The molecule has 0 aromatic heterocycles. The van der Waals surface area contributed by atoms with E-state index in [0.717, 1.165) is 58.8 Å². The number of fused-ring (bicyclic) bond motifs is 1. The summed E-state index contributed by atoms with van der Waals surface area (Å²) in [4.78, 5) is 19.5. The first-order valence-corrected chi connectivity index (χ1v) is 7.81. The van der Waals surface area contributed by atoms with E-state index in [1.807, 2.05) is 0 Å². The van der Waals surface area contributed by atoms with Crippen LogP contribution in [0.4, 0.5) is 0 Å². The Morgan fingerprint density at radius 3 is 2.95 bits per heavy atom. The van der Waals surface area contributed by atoms with Gasteiger partial charge in [0, 0.05) is 58.3 Å². The number of nitrogens with one attached hydrogen (secondary N) is 1. The van der Waals surface area contributed by atoms with Crippen LogP contribution in [-0.4, -0.2) is 86.1 Å². The van der Waals surface area contributed by atoms with Gasteiger partial charge in [0.2, 0.25) is 5.91 Å². The van der Waals surface area contributed by atoms with Gasteiger partial charge in [-0.2, -0.15) is 0 Å². The number of hydrogen-bond donors (Lipinski definition) is 1. The highest BCUT2D eigenvalue weighted by Crippen LogP contribution is 2.17. The largest absolute Gasteiger partial charge is 0.340 e. The van der Waals surface area contributed by atoms with Crippen molar-refractivity contribution < 1.29 is 4.79 Å². The number of carbonyl (C=O) groups excluding carboxylic acids is 1. The molecule has 0 aromatic carbocycles. The molecule has 5 nitrogen and oxygen atoms in total. The molecule has 20 heavy (non-hydrogen) atoms. The summed E-state index contributed by atoms with van der Waals surface area (Å²) in [7, 11) is 2.18. The Hall–Kier alpha value is -0.910. The molecule has 3 aliphatic rings. The topological polar surface area (TPSA) is 38.8 Å². The lowest BCUT2D eigenvalue weighted by Gasteiger charge is -2.46. The predicted molar refractivity (Wildman–Crippen MR) is 79.6 cm³/mol. The third-order valence-corrected chi connectivity index (χ3v) is 4.78. The minimum absolute atomic E-state index is 0.325. The summed E-state index contributed by atoms with van der Waals surface area (Å²) >= 11 is 0. The van der Waals surface area contributed by atoms with Crippen molar-refractivity contribution in [1.29, 1.82) is 0 Å². The third kappa shape index (κ3) is 3.22. The van der Waals surface area contributed by atoms with E-state index < -0.39 is 0 Å². The Kier molecular flexibility index (Phi) is 4.38. The highest BCUT2D eigenvalue weighted by Gasteiger charge is 2.32. The summed E-state index contributed by atoms with van der Waals surface area (Å²) in [6.45, 7) is 8.20. The maximum absolute atomic E-state index is 12.5. The van der Waals surface area contributed by atoms with Crippen molar-refractivity contribution >= 4 is 5.91 Å². The number of nitrogens with zero attached hydrogens (tertiary/aromatic N) is 3. The maximum Gasteiger partial charge on any atom is 0.226 e. The zero-order valence-corrected chi connectivity index (χ0v) is 12.5. The quantitative estimate of drug-likeness (QED) is 0.707. The molecule has 3 rings (SSSR count). The average molecular weight is 278 g/mol. The molecule has 0 saturated carbocycles. The summed E-state index contributed by atoms with van der Waals surface area (Å²) in [5.41, 5.74) is 1.32. The maximum atomic E-state index is 12.5. The van der Waals surface area contributed by atoms with Crippen molar-refractivity contribution in [2.24, 2.45) is 0 Å². The van der Waals surface area contributed by atoms with Crippen LogP contribution in [0.5, 0.6) is 0 Å². The molecule has 0 bridgehead atoms. The summed E-state index contributed by atoms with van der Waals surface area (Å²) < 4.78 is 0. The van der Waals surface area contributed by atoms with E-state index in [0.29, 0.717) is 18.4 Å². The van der Waals surface area contributed by atoms with E-state index in [1.165, 1.54) is 5.57 Å². The highest BCUT2D eigenvalue weighted by molar-refractivity contribution is 5.79. The van der Waals surface area contributed by atoms with Crippen LogP contribution < -0.4 is 5.32 Å². The van der Waals surface area contributed by atoms with Crippen LogP contribution in [0.15, 0.2) is 11.6 Å². The number of hydrogen-bond acceptors (Lipinski definition) is 4. The molecule has 0 spiro atoms. The molecular weight excluding hydrogens is 252 g/mol. The van der Waals surface area contributed by atoms with Crippen LogP contribution in [-0.2, 0) is 4.79 Å². The highest BCUT2D eigenvalue weighted by atomic mass is 16.2. The number of amides is 1. The standard InChI is InChI=1S/C15H26N4O/c1-17-6-7-18-8-9-19(12-14(18)11-17)15(20)10-13-2-4-16-5-3-13/h2,14,16H,3-12H2,1H3/t14-/m1/s1. The van der Waals surface area contributed by atoms with Gasteiger partial charge >= 0.3 is 0 Å². The van der Waals surface area contributed by atoms with Crippen LogP contribution in [0.1, 0.15) is 12.8 Å². The molecule has 112 valence electrons. The van der Waals surface area contributed by atoms with Crippen molar-refractivity contribution in [2.45, 2.75) is 18.9 Å². The molecule has 2 saturated heterocycles. The van der Waals surface area contributed by atoms with Gasteiger partial charge in [-0.15, -0.1) is 0 Å². The van der Waals surface area contributed by atoms with Crippen LogP contribution in [0.25, 0.3) is 0 Å². The number of rotatable bonds is 2. The van der Waals surface area contributed by atoms with Crippen LogP contribution >= 0.6 is 0 Å². The molecule has 0 aliphatic carbocycles. The van der Waals surface area contributed by atoms with Gasteiger partial charge in [-0.3, -0.25) is 9.69 Å². The number of piperazine rings is 2. The van der Waals surface area contributed by atoms with Crippen molar-refractivity contribution in [3.05, 3.63) is 11.6 Å². The molecule has 3 aliphatic heterocycles. The Labute approximate surface area is 121 Å². The monoisotopic (exact) mass is 278 g/mol. The molecule has 1 amide bonds. The van der Waals surface area contributed by atoms with Crippen LogP contribution in [0, 0.1) is 0 Å². The minimum atomic E-state index is 0.325. The zero-order chi connectivity index (χ0) is 13.9. The van der Waals surface area contributed by atoms with Gasteiger partial charge in [0.1, 0.15) is 0 Å². The molecule has 5 heteroatoms. The van der Waals surface area contributed by atoms with E-state index >= 15 is 0 Å². The fourth-order valence-corrected chi connectivity index (χ4v) is 3.47. The van der Waals surface area contributed by atoms with Gasteiger partial charge in [0.25, 0.3) is 0 Å². The van der Waals surface area contributed by atoms with Crippen molar-refractivity contribution in [1.82, 2.24) is 20.0 Å². The third-order valence-electron chi connectivity index (χ3n) is 4.78. The van der Waals surface area contributed by atoms with Gasteiger partial charge in [-0.05, 0) is 20.0 Å². The molecular formula is C15H26N4O. The predicted octanol–water partition coefficient (Wildman–Crippen LogP) is -0.246. The van der Waals surface area contributed by atoms with Crippen molar-refractivity contribution in [2.75, 3.05) is 59.4 Å². The Morgan fingerprint density at radius 2 is 2.15 bits per heavy atom. The lowest BCUT2D eigenvalue weighted by Crippen LogP contribution is -2.62.